The van der Waals surface area contributed by atoms with Crippen LogP contribution >= 0.6 is 0 Å². The number of rotatable bonds is 2. The number of aromatic amines is 1. The lowest BCUT2D eigenvalue weighted by Crippen LogP contribution is -2.13. The summed E-state index contributed by atoms with van der Waals surface area (Å²) < 4.78 is 0. The Morgan fingerprint density at radius 3 is 2.76 bits per heavy atom. The van der Waals surface area contributed by atoms with Gasteiger partial charge in [0.2, 0.25) is 0 Å². The number of ketones is 1. The molecule has 104 valence electrons. The average Bonchev–Trinajstić information content (AvgIpc) is 2.47. The van der Waals surface area contributed by atoms with Crippen molar-refractivity contribution in [1.82, 2.24) is 9.97 Å². The van der Waals surface area contributed by atoms with E-state index in [-0.39, 0.29) is 16.8 Å². The quantitative estimate of drug-likeness (QED) is 0.733. The van der Waals surface area contributed by atoms with Crippen LogP contribution in [0.25, 0.3) is 22.0 Å². The zero-order valence-electron chi connectivity index (χ0n) is 11.8. The highest BCUT2D eigenvalue weighted by atomic mass is 16.1. The van der Waals surface area contributed by atoms with Crippen molar-refractivity contribution in [2.24, 2.45) is 0 Å². The molecule has 2 aromatic heterocycles. The third kappa shape index (κ3) is 2.25. The van der Waals surface area contributed by atoms with E-state index in [0.717, 1.165) is 22.2 Å². The molecule has 0 fully saturated rings. The van der Waals surface area contributed by atoms with Crippen molar-refractivity contribution < 1.29 is 4.79 Å². The Labute approximate surface area is 121 Å². The SMILES string of the molecule is CC(=O)c1c[nH]c2cc(-c3ccncc3C)ccc2c1=O. The standard InChI is InChI=1S/C17H14N2O2/c1-10-8-18-6-5-13(10)12-3-4-14-16(7-12)19-9-15(11(2)20)17(14)21/h3-9H,1-2H3,(H,19,21). The Balaban J connectivity index is 2.23. The highest BCUT2D eigenvalue weighted by Crippen LogP contribution is 2.24. The van der Waals surface area contributed by atoms with Crippen LogP contribution in [0.2, 0.25) is 0 Å². The number of H-pyrrole nitrogens is 1. The molecule has 0 aliphatic rings. The van der Waals surface area contributed by atoms with Crippen LogP contribution in [0.1, 0.15) is 22.8 Å². The van der Waals surface area contributed by atoms with E-state index in [0.29, 0.717) is 5.39 Å². The fourth-order valence-corrected chi connectivity index (χ4v) is 2.45. The maximum absolute atomic E-state index is 12.2. The molecule has 0 amide bonds. The van der Waals surface area contributed by atoms with E-state index in [1.807, 2.05) is 25.1 Å². The second-order valence-electron chi connectivity index (χ2n) is 5.04. The number of hydrogen-bond acceptors (Lipinski definition) is 3. The van der Waals surface area contributed by atoms with Gasteiger partial charge in [0, 0.05) is 29.5 Å². The number of aryl methyl sites for hydroxylation is 1. The number of carbonyl (C=O) groups excluding carboxylic acids is 1. The first-order valence-corrected chi connectivity index (χ1v) is 6.65. The molecule has 0 aliphatic heterocycles. The zero-order valence-corrected chi connectivity index (χ0v) is 11.8. The average molecular weight is 278 g/mol. The van der Waals surface area contributed by atoms with Crippen LogP contribution < -0.4 is 5.43 Å². The largest absolute Gasteiger partial charge is 0.360 e. The summed E-state index contributed by atoms with van der Waals surface area (Å²) in [5, 5.41) is 0.526. The number of pyridine rings is 2. The molecule has 3 aromatic rings. The molecule has 21 heavy (non-hydrogen) atoms. The molecule has 1 aromatic carbocycles. The highest BCUT2D eigenvalue weighted by molar-refractivity contribution is 5.97. The van der Waals surface area contributed by atoms with Crippen molar-refractivity contribution in [3.63, 3.8) is 0 Å². The number of nitrogens with zero attached hydrogens (tertiary/aromatic N) is 1. The first-order chi connectivity index (χ1) is 10.1. The summed E-state index contributed by atoms with van der Waals surface area (Å²) in [5.41, 5.74) is 3.83. The lowest BCUT2D eigenvalue weighted by molar-refractivity contribution is 0.101. The molecule has 2 heterocycles. The van der Waals surface area contributed by atoms with Gasteiger partial charge in [-0.1, -0.05) is 6.07 Å². The van der Waals surface area contributed by atoms with Crippen LogP contribution in [-0.4, -0.2) is 15.8 Å². The Kier molecular flexibility index (Phi) is 3.14. The maximum atomic E-state index is 12.2. The summed E-state index contributed by atoms with van der Waals surface area (Å²) >= 11 is 0. The number of Topliss-reactive ketones (excluding diaryl/α,β-unsaturated/α-hetero) is 1. The monoisotopic (exact) mass is 278 g/mol. The number of hydrogen-bond donors (Lipinski definition) is 1. The Bertz CT molecular complexity index is 910. The second-order valence-corrected chi connectivity index (χ2v) is 5.04. The summed E-state index contributed by atoms with van der Waals surface area (Å²) in [5.74, 6) is -0.229. The van der Waals surface area contributed by atoms with Crippen LogP contribution in [0.4, 0.5) is 0 Å². The first-order valence-electron chi connectivity index (χ1n) is 6.65. The van der Waals surface area contributed by atoms with Crippen molar-refractivity contribution >= 4 is 16.7 Å². The van der Waals surface area contributed by atoms with Gasteiger partial charge in [-0.3, -0.25) is 14.6 Å². The fraction of sp³-hybridized carbons (Fsp3) is 0.118. The number of carbonyl (C=O) groups is 1. The van der Waals surface area contributed by atoms with Crippen molar-refractivity contribution in [2.75, 3.05) is 0 Å². The van der Waals surface area contributed by atoms with Crippen molar-refractivity contribution in [1.29, 1.82) is 0 Å². The van der Waals surface area contributed by atoms with Gasteiger partial charge >= 0.3 is 0 Å². The van der Waals surface area contributed by atoms with Crippen LogP contribution in [0.15, 0.2) is 47.7 Å². The molecule has 4 nitrogen and oxygen atoms in total. The van der Waals surface area contributed by atoms with Crippen molar-refractivity contribution in [3.8, 4) is 11.1 Å². The molecule has 0 unspecified atom stereocenters. The van der Waals surface area contributed by atoms with E-state index in [9.17, 15) is 9.59 Å². The minimum Gasteiger partial charge on any atom is -0.360 e. The van der Waals surface area contributed by atoms with Gasteiger partial charge in [-0.15, -0.1) is 0 Å². The molecule has 4 heteroatoms. The van der Waals surface area contributed by atoms with E-state index < -0.39 is 0 Å². The third-order valence-corrected chi connectivity index (χ3v) is 3.59. The van der Waals surface area contributed by atoms with Gasteiger partial charge in [-0.2, -0.15) is 0 Å². The number of fused-ring (bicyclic) bond motifs is 1. The minimum atomic E-state index is -0.229. The molecule has 0 bridgehead atoms. The molecule has 3 rings (SSSR count). The van der Waals surface area contributed by atoms with Crippen LogP contribution in [-0.2, 0) is 0 Å². The molecule has 0 saturated heterocycles. The van der Waals surface area contributed by atoms with Gasteiger partial charge in [-0.25, -0.2) is 0 Å². The molecular weight excluding hydrogens is 264 g/mol. The summed E-state index contributed by atoms with van der Waals surface area (Å²) in [7, 11) is 0. The Morgan fingerprint density at radius 2 is 2.05 bits per heavy atom. The Morgan fingerprint density at radius 1 is 1.24 bits per heavy atom. The molecule has 0 spiro atoms. The minimum absolute atomic E-state index is 0.190. The second kappa shape index (κ2) is 4.98. The zero-order chi connectivity index (χ0) is 15.0. The first kappa shape index (κ1) is 13.2. The van der Waals surface area contributed by atoms with Gasteiger partial charge in [0.25, 0.3) is 0 Å². The number of benzene rings is 1. The Hall–Kier alpha value is -2.75. The normalized spacial score (nSPS) is 10.8. The van der Waals surface area contributed by atoms with Gasteiger partial charge in [0.05, 0.1) is 5.56 Å². The number of aromatic nitrogens is 2. The van der Waals surface area contributed by atoms with Crippen LogP contribution in [0.3, 0.4) is 0 Å². The van der Waals surface area contributed by atoms with E-state index in [2.05, 4.69) is 9.97 Å². The van der Waals surface area contributed by atoms with Gasteiger partial charge in [0.1, 0.15) is 0 Å². The molecule has 1 N–H and O–H groups in total. The lowest BCUT2D eigenvalue weighted by atomic mass is 10.0. The van der Waals surface area contributed by atoms with E-state index >= 15 is 0 Å². The summed E-state index contributed by atoms with van der Waals surface area (Å²) in [6.45, 7) is 3.39. The van der Waals surface area contributed by atoms with Gasteiger partial charge in [0.15, 0.2) is 11.2 Å². The van der Waals surface area contributed by atoms with Crippen molar-refractivity contribution in [2.45, 2.75) is 13.8 Å². The predicted octanol–water partition coefficient (Wildman–Crippen LogP) is 3.10. The van der Waals surface area contributed by atoms with E-state index in [1.54, 1.807) is 18.5 Å². The smallest absolute Gasteiger partial charge is 0.200 e. The highest BCUT2D eigenvalue weighted by Gasteiger charge is 2.10. The summed E-state index contributed by atoms with van der Waals surface area (Å²) in [4.78, 5) is 30.8. The molecular formula is C17H14N2O2. The van der Waals surface area contributed by atoms with Gasteiger partial charge in [-0.05, 0) is 48.7 Å². The summed E-state index contributed by atoms with van der Waals surface area (Å²) in [6.07, 6.45) is 5.03. The number of nitrogens with one attached hydrogen (secondary N) is 1. The van der Waals surface area contributed by atoms with Crippen LogP contribution in [0, 0.1) is 6.92 Å². The maximum Gasteiger partial charge on any atom is 0.200 e. The third-order valence-electron chi connectivity index (χ3n) is 3.59. The molecule has 0 saturated carbocycles. The topological polar surface area (TPSA) is 62.8 Å². The van der Waals surface area contributed by atoms with E-state index in [1.165, 1.54) is 13.1 Å². The van der Waals surface area contributed by atoms with Gasteiger partial charge < -0.3 is 4.98 Å². The lowest BCUT2D eigenvalue weighted by Gasteiger charge is -2.07. The fourth-order valence-electron chi connectivity index (χ4n) is 2.45. The predicted molar refractivity (Wildman–Crippen MR) is 82.5 cm³/mol. The van der Waals surface area contributed by atoms with E-state index in [4.69, 9.17) is 0 Å². The molecule has 0 radical (unpaired) electrons. The molecule has 0 atom stereocenters. The molecule has 0 aliphatic carbocycles. The van der Waals surface area contributed by atoms with Crippen molar-refractivity contribution in [3.05, 3.63) is 64.2 Å². The van der Waals surface area contributed by atoms with Crippen LogP contribution in [0.5, 0.6) is 0 Å². The summed E-state index contributed by atoms with van der Waals surface area (Å²) in [6, 6.07) is 7.52.